The average molecular weight is 376 g/mol. The molecule has 1 heterocycles. The summed E-state index contributed by atoms with van der Waals surface area (Å²) in [6.45, 7) is 8.85. The van der Waals surface area contributed by atoms with Crippen molar-refractivity contribution >= 4 is 33.2 Å². The molecule has 120 valence electrons. The van der Waals surface area contributed by atoms with Crippen molar-refractivity contribution in [1.82, 2.24) is 10.6 Å². The van der Waals surface area contributed by atoms with Crippen molar-refractivity contribution < 1.29 is 4.74 Å². The highest BCUT2D eigenvalue weighted by molar-refractivity contribution is 9.10. The first kappa shape index (κ1) is 18.5. The van der Waals surface area contributed by atoms with Crippen molar-refractivity contribution in [3.8, 4) is 0 Å². The number of halogens is 1. The second-order valence-electron chi connectivity index (χ2n) is 5.11. The van der Waals surface area contributed by atoms with Gasteiger partial charge in [0, 0.05) is 34.9 Å². The van der Waals surface area contributed by atoms with Crippen molar-refractivity contribution in [2.45, 2.75) is 39.8 Å². The molecule has 1 unspecified atom stereocenters. The number of hydrogen-bond donors (Lipinski definition) is 2. The first-order chi connectivity index (χ1) is 10.1. The number of rotatable bonds is 8. The smallest absolute Gasteiger partial charge is 0.191 e. The minimum Gasteiger partial charge on any atom is -0.378 e. The van der Waals surface area contributed by atoms with Crippen LogP contribution in [0.15, 0.2) is 20.9 Å². The Balaban J connectivity index is 2.31. The normalized spacial score (nSPS) is 13.5. The Morgan fingerprint density at radius 3 is 2.71 bits per heavy atom. The summed E-state index contributed by atoms with van der Waals surface area (Å²) in [5.74, 6) is 1.36. The fourth-order valence-corrected chi connectivity index (χ4v) is 3.38. The van der Waals surface area contributed by atoms with E-state index in [1.54, 1.807) is 18.4 Å². The quantitative estimate of drug-likeness (QED) is 0.538. The molecule has 0 bridgehead atoms. The third-order valence-electron chi connectivity index (χ3n) is 3.12. The molecule has 4 nitrogen and oxygen atoms in total. The third-order valence-corrected chi connectivity index (χ3v) is 4.82. The van der Waals surface area contributed by atoms with Crippen molar-refractivity contribution in [3.05, 3.63) is 20.8 Å². The van der Waals surface area contributed by atoms with Gasteiger partial charge in [-0.2, -0.15) is 0 Å². The van der Waals surface area contributed by atoms with Gasteiger partial charge in [-0.3, -0.25) is 4.99 Å². The number of nitrogens with one attached hydrogen (secondary N) is 2. The summed E-state index contributed by atoms with van der Waals surface area (Å²) in [4.78, 5) is 5.52. The zero-order valence-corrected chi connectivity index (χ0v) is 15.7. The predicted molar refractivity (Wildman–Crippen MR) is 95.1 cm³/mol. The molecule has 2 N–H and O–H groups in total. The van der Waals surface area contributed by atoms with E-state index >= 15 is 0 Å². The fourth-order valence-electron chi connectivity index (χ4n) is 1.99. The highest BCUT2D eigenvalue weighted by Gasteiger charge is 2.12. The Bertz CT molecular complexity index is 434. The maximum Gasteiger partial charge on any atom is 0.191 e. The first-order valence-electron chi connectivity index (χ1n) is 7.35. The van der Waals surface area contributed by atoms with Crippen LogP contribution in [0.25, 0.3) is 0 Å². The van der Waals surface area contributed by atoms with E-state index in [9.17, 15) is 0 Å². The predicted octanol–water partition coefficient (Wildman–Crippen LogP) is 3.63. The molecule has 0 spiro atoms. The number of ether oxygens (including phenoxy) is 1. The molecule has 0 fully saturated rings. The van der Waals surface area contributed by atoms with Crippen molar-refractivity contribution in [2.75, 3.05) is 20.2 Å². The summed E-state index contributed by atoms with van der Waals surface area (Å²) in [5, 5.41) is 8.75. The van der Waals surface area contributed by atoms with Crippen LogP contribution < -0.4 is 10.6 Å². The van der Waals surface area contributed by atoms with Crippen molar-refractivity contribution in [1.29, 1.82) is 0 Å². The van der Waals surface area contributed by atoms with E-state index in [4.69, 9.17) is 4.74 Å². The Morgan fingerprint density at radius 1 is 1.43 bits per heavy atom. The molecule has 0 amide bonds. The summed E-state index contributed by atoms with van der Waals surface area (Å²) in [7, 11) is 1.79. The molecule has 1 atom stereocenters. The van der Waals surface area contributed by atoms with E-state index in [-0.39, 0.29) is 0 Å². The SMILES string of the molecule is CCOC(CCNC(=NC)NCc1cc(Br)cs1)C(C)C. The van der Waals surface area contributed by atoms with Crippen LogP contribution in [0.1, 0.15) is 32.1 Å². The van der Waals surface area contributed by atoms with Gasteiger partial charge < -0.3 is 15.4 Å². The van der Waals surface area contributed by atoms with Gasteiger partial charge in [0.1, 0.15) is 0 Å². The summed E-state index contributed by atoms with van der Waals surface area (Å²) in [5.41, 5.74) is 0. The molecule has 21 heavy (non-hydrogen) atoms. The number of hydrogen-bond acceptors (Lipinski definition) is 3. The second kappa shape index (κ2) is 10.2. The monoisotopic (exact) mass is 375 g/mol. The van der Waals surface area contributed by atoms with Gasteiger partial charge in [0.25, 0.3) is 0 Å². The molecule has 1 rings (SSSR count). The molecule has 1 aromatic heterocycles. The molecular formula is C15H26BrN3OS. The van der Waals surface area contributed by atoms with Gasteiger partial charge in [-0.05, 0) is 41.3 Å². The highest BCUT2D eigenvalue weighted by Crippen LogP contribution is 2.19. The van der Waals surface area contributed by atoms with Crippen molar-refractivity contribution in [3.63, 3.8) is 0 Å². The van der Waals surface area contributed by atoms with Gasteiger partial charge in [-0.15, -0.1) is 11.3 Å². The minimum atomic E-state index is 0.300. The topological polar surface area (TPSA) is 45.6 Å². The lowest BCUT2D eigenvalue weighted by Crippen LogP contribution is -2.38. The molecule has 0 saturated heterocycles. The standard InChI is InChI=1S/C15H26BrN3OS/c1-5-20-14(11(2)3)6-7-18-15(17-4)19-9-13-8-12(16)10-21-13/h8,10-11,14H,5-7,9H2,1-4H3,(H2,17,18,19). The fraction of sp³-hybridized carbons (Fsp3) is 0.667. The molecular weight excluding hydrogens is 350 g/mol. The van der Waals surface area contributed by atoms with Crippen LogP contribution in [0.2, 0.25) is 0 Å². The largest absolute Gasteiger partial charge is 0.378 e. The lowest BCUT2D eigenvalue weighted by molar-refractivity contribution is 0.0258. The molecule has 0 saturated carbocycles. The van der Waals surface area contributed by atoms with Crippen LogP contribution in [0.3, 0.4) is 0 Å². The van der Waals surface area contributed by atoms with Gasteiger partial charge in [0.05, 0.1) is 12.6 Å². The number of guanidine groups is 1. The summed E-state index contributed by atoms with van der Waals surface area (Å²) >= 11 is 5.19. The molecule has 1 aromatic rings. The molecule has 0 radical (unpaired) electrons. The zero-order valence-electron chi connectivity index (χ0n) is 13.3. The number of thiophene rings is 1. The van der Waals surface area contributed by atoms with E-state index in [2.05, 4.69) is 56.8 Å². The average Bonchev–Trinajstić information content (AvgIpc) is 2.86. The lowest BCUT2D eigenvalue weighted by Gasteiger charge is -2.21. The van der Waals surface area contributed by atoms with Crippen LogP contribution in [-0.2, 0) is 11.3 Å². The van der Waals surface area contributed by atoms with E-state index in [1.165, 1.54) is 4.88 Å². The van der Waals surface area contributed by atoms with Gasteiger partial charge in [0.2, 0.25) is 0 Å². The maximum atomic E-state index is 5.75. The summed E-state index contributed by atoms with van der Waals surface area (Å²) < 4.78 is 6.88. The Morgan fingerprint density at radius 2 is 2.19 bits per heavy atom. The van der Waals surface area contributed by atoms with Crippen LogP contribution in [0, 0.1) is 5.92 Å². The summed E-state index contributed by atoms with van der Waals surface area (Å²) in [6, 6.07) is 2.12. The van der Waals surface area contributed by atoms with Gasteiger partial charge >= 0.3 is 0 Å². The first-order valence-corrected chi connectivity index (χ1v) is 9.03. The van der Waals surface area contributed by atoms with Gasteiger partial charge in [0.15, 0.2) is 5.96 Å². The minimum absolute atomic E-state index is 0.300. The zero-order chi connectivity index (χ0) is 15.7. The molecule has 6 heteroatoms. The molecule has 0 aliphatic carbocycles. The Kier molecular flexibility index (Phi) is 8.96. The maximum absolute atomic E-state index is 5.75. The van der Waals surface area contributed by atoms with E-state index < -0.39 is 0 Å². The highest BCUT2D eigenvalue weighted by atomic mass is 79.9. The number of aliphatic imine (C=N–C) groups is 1. The second-order valence-corrected chi connectivity index (χ2v) is 7.02. The van der Waals surface area contributed by atoms with E-state index in [1.807, 2.05) is 6.92 Å². The Hall–Kier alpha value is -0.590. The van der Waals surface area contributed by atoms with Crippen LogP contribution in [0.4, 0.5) is 0 Å². The van der Waals surface area contributed by atoms with Gasteiger partial charge in [-0.1, -0.05) is 13.8 Å². The molecule has 0 aliphatic heterocycles. The van der Waals surface area contributed by atoms with E-state index in [0.29, 0.717) is 12.0 Å². The summed E-state index contributed by atoms with van der Waals surface area (Å²) in [6.07, 6.45) is 1.28. The van der Waals surface area contributed by atoms with Crippen LogP contribution in [-0.4, -0.2) is 32.3 Å². The third kappa shape index (κ3) is 7.29. The molecule has 0 aromatic carbocycles. The lowest BCUT2D eigenvalue weighted by atomic mass is 10.0. The molecule has 0 aliphatic rings. The van der Waals surface area contributed by atoms with Crippen molar-refractivity contribution in [2.24, 2.45) is 10.9 Å². The van der Waals surface area contributed by atoms with E-state index in [0.717, 1.165) is 36.5 Å². The van der Waals surface area contributed by atoms with Gasteiger partial charge in [-0.25, -0.2) is 0 Å². The van der Waals surface area contributed by atoms with Crippen LogP contribution in [0.5, 0.6) is 0 Å². The number of nitrogens with zero attached hydrogens (tertiary/aromatic N) is 1. The van der Waals surface area contributed by atoms with Crippen LogP contribution >= 0.6 is 27.3 Å². The Labute approximate surface area is 140 Å².